The number of carbonyl (C=O) groups is 2. The number of anilines is 5. The van der Waals surface area contributed by atoms with Crippen LogP contribution >= 0.6 is 11.6 Å². The van der Waals surface area contributed by atoms with Crippen molar-refractivity contribution in [3.63, 3.8) is 0 Å². The zero-order valence-electron chi connectivity index (χ0n) is 26.1. The minimum Gasteiger partial charge on any atom is -0.378 e. The van der Waals surface area contributed by atoms with Gasteiger partial charge in [0.1, 0.15) is 17.9 Å². The number of para-hydroxylation sites is 1. The molecular weight excluding hydrogens is 614 g/mol. The molecular formula is C32H42ClN7O6. The smallest absolute Gasteiger partial charge is 0.253 e. The van der Waals surface area contributed by atoms with Crippen LogP contribution in [0.4, 0.5) is 28.8 Å². The van der Waals surface area contributed by atoms with E-state index in [9.17, 15) is 9.59 Å². The molecule has 2 heterocycles. The van der Waals surface area contributed by atoms with Gasteiger partial charge in [0.15, 0.2) is 5.82 Å². The van der Waals surface area contributed by atoms with Gasteiger partial charge in [0.25, 0.3) is 5.91 Å². The van der Waals surface area contributed by atoms with Gasteiger partial charge in [0.2, 0.25) is 5.95 Å². The van der Waals surface area contributed by atoms with Gasteiger partial charge in [-0.3, -0.25) is 9.69 Å². The molecule has 1 aromatic heterocycles. The second-order valence-corrected chi connectivity index (χ2v) is 10.6. The Morgan fingerprint density at radius 2 is 1.52 bits per heavy atom. The fraction of sp³-hybridized carbons (Fsp3) is 0.438. The van der Waals surface area contributed by atoms with Gasteiger partial charge in [-0.25, -0.2) is 4.98 Å². The van der Waals surface area contributed by atoms with Gasteiger partial charge < -0.3 is 44.6 Å². The summed E-state index contributed by atoms with van der Waals surface area (Å²) in [6.45, 7) is 8.36. The third-order valence-electron chi connectivity index (χ3n) is 7.11. The Balaban J connectivity index is 1.13. The van der Waals surface area contributed by atoms with Crippen molar-refractivity contribution in [1.29, 1.82) is 0 Å². The van der Waals surface area contributed by atoms with E-state index in [1.165, 1.54) is 6.20 Å². The fourth-order valence-corrected chi connectivity index (χ4v) is 4.80. The summed E-state index contributed by atoms with van der Waals surface area (Å²) in [4.78, 5) is 36.0. The highest BCUT2D eigenvalue weighted by molar-refractivity contribution is 6.33. The van der Waals surface area contributed by atoms with Crippen molar-refractivity contribution in [1.82, 2.24) is 20.2 Å². The number of benzene rings is 2. The molecule has 0 saturated carbocycles. The normalized spacial score (nSPS) is 13.4. The molecule has 1 aliphatic heterocycles. The van der Waals surface area contributed by atoms with Crippen LogP contribution in [0.15, 0.2) is 54.7 Å². The number of aromatic nitrogens is 2. The van der Waals surface area contributed by atoms with E-state index in [1.807, 2.05) is 18.2 Å². The largest absolute Gasteiger partial charge is 0.378 e. The van der Waals surface area contributed by atoms with Crippen LogP contribution in [0, 0.1) is 0 Å². The van der Waals surface area contributed by atoms with Crippen LogP contribution in [0.3, 0.4) is 0 Å². The minimum atomic E-state index is -0.213. The van der Waals surface area contributed by atoms with E-state index in [0.29, 0.717) is 74.3 Å². The molecule has 1 aliphatic rings. The lowest BCUT2D eigenvalue weighted by Gasteiger charge is -2.36. The summed E-state index contributed by atoms with van der Waals surface area (Å²) in [5.41, 5.74) is 3.07. The molecule has 14 heteroatoms. The lowest BCUT2D eigenvalue weighted by atomic mass is 10.1. The summed E-state index contributed by atoms with van der Waals surface area (Å²) >= 11 is 6.36. The Hall–Kier alpha value is -3.85. The lowest BCUT2D eigenvalue weighted by molar-refractivity contribution is -0.112. The highest BCUT2D eigenvalue weighted by atomic mass is 35.5. The molecule has 13 nitrogen and oxygen atoms in total. The van der Waals surface area contributed by atoms with Crippen molar-refractivity contribution in [2.45, 2.75) is 0 Å². The fourth-order valence-electron chi connectivity index (χ4n) is 4.67. The monoisotopic (exact) mass is 655 g/mol. The number of rotatable bonds is 20. The van der Waals surface area contributed by atoms with Crippen molar-refractivity contribution in [3.8, 4) is 0 Å². The van der Waals surface area contributed by atoms with Crippen LogP contribution < -0.4 is 20.9 Å². The first-order chi connectivity index (χ1) is 22.6. The second kappa shape index (κ2) is 19.6. The molecule has 0 radical (unpaired) electrons. The van der Waals surface area contributed by atoms with E-state index in [4.69, 9.17) is 30.5 Å². The molecule has 3 aromatic rings. The quantitative estimate of drug-likeness (QED) is 0.121. The van der Waals surface area contributed by atoms with Gasteiger partial charge in [-0.1, -0.05) is 23.7 Å². The first-order valence-electron chi connectivity index (χ1n) is 15.3. The number of amides is 1. The summed E-state index contributed by atoms with van der Waals surface area (Å²) in [7, 11) is 1.58. The number of aldehydes is 1. The Kier molecular flexibility index (Phi) is 14.9. The average Bonchev–Trinajstić information content (AvgIpc) is 3.09. The standard InChI is InChI=1S/C32H42ClN7O6/c1-34-31(42)27-4-2-3-5-29(27)37-30-28(33)24-35-32(38-30)36-25-6-8-26(9-7-25)40-12-10-39(11-13-40)14-16-43-18-20-45-22-23-46-21-19-44-17-15-41/h2-9,15,24H,10-14,16-23H2,1H3,(H,34,42)(H2,35,36,37,38). The number of halogens is 1. The van der Waals surface area contributed by atoms with Crippen LogP contribution in [0.5, 0.6) is 0 Å². The van der Waals surface area contributed by atoms with Crippen LogP contribution in [-0.2, 0) is 23.7 Å². The highest BCUT2D eigenvalue weighted by Gasteiger charge is 2.17. The van der Waals surface area contributed by atoms with E-state index in [1.54, 1.807) is 25.2 Å². The van der Waals surface area contributed by atoms with Crippen LogP contribution in [0.1, 0.15) is 10.4 Å². The third kappa shape index (κ3) is 11.5. The summed E-state index contributed by atoms with van der Waals surface area (Å²) in [6, 6.07) is 15.3. The maximum atomic E-state index is 12.2. The summed E-state index contributed by atoms with van der Waals surface area (Å²) in [5.74, 6) is 0.554. The molecule has 1 fully saturated rings. The topological polar surface area (TPSA) is 139 Å². The third-order valence-corrected chi connectivity index (χ3v) is 7.39. The van der Waals surface area contributed by atoms with Crippen LogP contribution in [0.25, 0.3) is 0 Å². The molecule has 46 heavy (non-hydrogen) atoms. The van der Waals surface area contributed by atoms with Crippen LogP contribution in [-0.4, -0.2) is 120 Å². The second-order valence-electron chi connectivity index (χ2n) is 10.2. The number of carbonyl (C=O) groups excluding carboxylic acids is 2. The van der Waals surface area contributed by atoms with Gasteiger partial charge in [-0.15, -0.1) is 0 Å². The molecule has 0 aliphatic carbocycles. The Bertz CT molecular complexity index is 1360. The minimum absolute atomic E-state index is 0.101. The zero-order valence-corrected chi connectivity index (χ0v) is 26.8. The van der Waals surface area contributed by atoms with Gasteiger partial charge in [-0.05, 0) is 36.4 Å². The van der Waals surface area contributed by atoms with Crippen molar-refractivity contribution in [3.05, 3.63) is 65.3 Å². The van der Waals surface area contributed by atoms with Gasteiger partial charge in [0, 0.05) is 51.1 Å². The summed E-state index contributed by atoms with van der Waals surface area (Å²) < 4.78 is 21.6. The number of hydrogen-bond acceptors (Lipinski definition) is 12. The number of piperazine rings is 1. The molecule has 4 rings (SSSR count). The molecule has 2 aromatic carbocycles. The van der Waals surface area contributed by atoms with Crippen molar-refractivity contribution >= 4 is 52.6 Å². The predicted molar refractivity (Wildman–Crippen MR) is 178 cm³/mol. The lowest BCUT2D eigenvalue weighted by Crippen LogP contribution is -2.47. The number of nitrogens with one attached hydrogen (secondary N) is 3. The molecule has 248 valence electrons. The number of hydrogen-bond donors (Lipinski definition) is 3. The van der Waals surface area contributed by atoms with Crippen LogP contribution in [0.2, 0.25) is 5.02 Å². The summed E-state index contributed by atoms with van der Waals surface area (Å²) in [6.07, 6.45) is 2.24. The number of ether oxygens (including phenoxy) is 4. The molecule has 1 saturated heterocycles. The molecule has 0 bridgehead atoms. The molecule has 0 spiro atoms. The Labute approximate surface area is 274 Å². The maximum Gasteiger partial charge on any atom is 0.253 e. The Morgan fingerprint density at radius 3 is 2.20 bits per heavy atom. The SMILES string of the molecule is CNC(=O)c1ccccc1Nc1nc(Nc2ccc(N3CCN(CCOCCOCCOCCOCC=O)CC3)cc2)ncc1Cl. The van der Waals surface area contributed by atoms with E-state index < -0.39 is 0 Å². The van der Waals surface area contributed by atoms with E-state index >= 15 is 0 Å². The average molecular weight is 656 g/mol. The number of nitrogens with zero attached hydrogens (tertiary/aromatic N) is 4. The van der Waals surface area contributed by atoms with E-state index in [-0.39, 0.29) is 12.5 Å². The molecule has 1 amide bonds. The van der Waals surface area contributed by atoms with Gasteiger partial charge in [-0.2, -0.15) is 4.98 Å². The molecule has 0 atom stereocenters. The molecule has 3 N–H and O–H groups in total. The highest BCUT2D eigenvalue weighted by Crippen LogP contribution is 2.27. The van der Waals surface area contributed by atoms with Gasteiger partial charge in [0.05, 0.1) is 63.7 Å². The van der Waals surface area contributed by atoms with E-state index in [2.05, 4.69) is 47.9 Å². The van der Waals surface area contributed by atoms with E-state index in [0.717, 1.165) is 50.4 Å². The van der Waals surface area contributed by atoms with Crippen molar-refractivity contribution < 1.29 is 28.5 Å². The van der Waals surface area contributed by atoms with Crippen molar-refractivity contribution in [2.75, 3.05) is 108 Å². The first-order valence-corrected chi connectivity index (χ1v) is 15.6. The summed E-state index contributed by atoms with van der Waals surface area (Å²) in [5, 5.41) is 9.36. The zero-order chi connectivity index (χ0) is 32.4. The molecule has 0 unspecified atom stereocenters. The van der Waals surface area contributed by atoms with Gasteiger partial charge >= 0.3 is 0 Å². The van der Waals surface area contributed by atoms with Crippen molar-refractivity contribution in [2.24, 2.45) is 0 Å². The Morgan fingerprint density at radius 1 is 0.870 bits per heavy atom. The predicted octanol–water partition coefficient (Wildman–Crippen LogP) is 3.36. The first kappa shape index (κ1) is 35.0. The maximum absolute atomic E-state index is 12.2.